The molecule has 2 nitrogen and oxygen atoms in total. The molecule has 1 aliphatic heterocycles. The molecule has 0 aromatic heterocycles. The van der Waals surface area contributed by atoms with Crippen molar-refractivity contribution in [3.8, 4) is 0 Å². The molecule has 0 aromatic rings. The number of halogens is 1. The minimum atomic E-state index is 0. The lowest BCUT2D eigenvalue weighted by Gasteiger charge is -2.22. The molecule has 3 heteroatoms. The first-order chi connectivity index (χ1) is 6.93. The predicted molar refractivity (Wildman–Crippen MR) is 67.8 cm³/mol. The molecule has 0 amide bonds. The van der Waals surface area contributed by atoms with E-state index in [-0.39, 0.29) is 12.4 Å². The van der Waals surface area contributed by atoms with Gasteiger partial charge >= 0.3 is 0 Å². The van der Waals surface area contributed by atoms with Gasteiger partial charge in [-0.3, -0.25) is 0 Å². The second kappa shape index (κ2) is 10.7. The Balaban J connectivity index is 0.00000196. The molecule has 92 valence electrons. The molecular formula is C12H26ClNO. The van der Waals surface area contributed by atoms with Gasteiger partial charge in [-0.25, -0.2) is 0 Å². The third kappa shape index (κ3) is 8.06. The van der Waals surface area contributed by atoms with Gasteiger partial charge in [0.1, 0.15) is 0 Å². The Morgan fingerprint density at radius 1 is 1.27 bits per heavy atom. The molecule has 0 spiro atoms. The molecule has 1 rings (SSSR count). The molecule has 0 bridgehead atoms. The summed E-state index contributed by atoms with van der Waals surface area (Å²) in [5.41, 5.74) is 0. The number of nitrogens with one attached hydrogen (secondary N) is 1. The smallest absolute Gasteiger partial charge is 0.0469 e. The van der Waals surface area contributed by atoms with Crippen molar-refractivity contribution in [1.82, 2.24) is 5.32 Å². The van der Waals surface area contributed by atoms with Crippen LogP contribution in [0.4, 0.5) is 0 Å². The zero-order valence-electron chi connectivity index (χ0n) is 9.96. The maximum atomic E-state index is 5.61. The monoisotopic (exact) mass is 235 g/mol. The van der Waals surface area contributed by atoms with Crippen molar-refractivity contribution < 1.29 is 4.74 Å². The summed E-state index contributed by atoms with van der Waals surface area (Å²) in [6.07, 6.45) is 7.82. The van der Waals surface area contributed by atoms with Gasteiger partial charge < -0.3 is 10.1 Å². The summed E-state index contributed by atoms with van der Waals surface area (Å²) < 4.78 is 5.61. The lowest BCUT2D eigenvalue weighted by atomic mass is 9.97. The lowest BCUT2D eigenvalue weighted by molar-refractivity contribution is 0.112. The van der Waals surface area contributed by atoms with Crippen LogP contribution >= 0.6 is 12.4 Å². The van der Waals surface area contributed by atoms with Gasteiger partial charge in [-0.2, -0.15) is 0 Å². The Hall–Kier alpha value is 0.210. The highest BCUT2D eigenvalue weighted by Crippen LogP contribution is 2.13. The molecule has 1 aliphatic rings. The van der Waals surface area contributed by atoms with Crippen molar-refractivity contribution in [2.45, 2.75) is 45.4 Å². The van der Waals surface area contributed by atoms with Crippen LogP contribution in [-0.4, -0.2) is 26.3 Å². The van der Waals surface area contributed by atoms with Gasteiger partial charge in [0.2, 0.25) is 0 Å². The van der Waals surface area contributed by atoms with Gasteiger partial charge in [-0.15, -0.1) is 12.4 Å². The van der Waals surface area contributed by atoms with Gasteiger partial charge in [0.15, 0.2) is 0 Å². The Kier molecular flexibility index (Phi) is 10.9. The molecule has 1 heterocycles. The first-order valence-corrected chi connectivity index (χ1v) is 6.22. The van der Waals surface area contributed by atoms with Crippen LogP contribution in [0.1, 0.15) is 45.4 Å². The Morgan fingerprint density at radius 3 is 2.80 bits per heavy atom. The van der Waals surface area contributed by atoms with E-state index in [1.54, 1.807) is 0 Å². The number of rotatable bonds is 7. The van der Waals surface area contributed by atoms with Crippen LogP contribution in [-0.2, 0) is 4.74 Å². The molecular weight excluding hydrogens is 210 g/mol. The summed E-state index contributed by atoms with van der Waals surface area (Å²) in [4.78, 5) is 0. The third-order valence-electron chi connectivity index (χ3n) is 2.96. The zero-order chi connectivity index (χ0) is 10.1. The lowest BCUT2D eigenvalue weighted by Crippen LogP contribution is -2.30. The van der Waals surface area contributed by atoms with E-state index < -0.39 is 0 Å². The summed E-state index contributed by atoms with van der Waals surface area (Å²) in [6.45, 7) is 6.59. The Labute approximate surface area is 101 Å². The molecule has 1 saturated heterocycles. The highest BCUT2D eigenvalue weighted by Gasteiger charge is 2.11. The third-order valence-corrected chi connectivity index (χ3v) is 2.96. The maximum absolute atomic E-state index is 5.61. The first-order valence-electron chi connectivity index (χ1n) is 6.22. The molecule has 1 N–H and O–H groups in total. The molecule has 1 atom stereocenters. The van der Waals surface area contributed by atoms with E-state index >= 15 is 0 Å². The van der Waals surface area contributed by atoms with Crippen molar-refractivity contribution in [1.29, 1.82) is 0 Å². The van der Waals surface area contributed by atoms with Crippen molar-refractivity contribution in [3.05, 3.63) is 0 Å². The van der Waals surface area contributed by atoms with E-state index in [0.29, 0.717) is 0 Å². The van der Waals surface area contributed by atoms with Crippen LogP contribution < -0.4 is 5.32 Å². The molecule has 1 unspecified atom stereocenters. The fourth-order valence-electron chi connectivity index (χ4n) is 1.98. The molecule has 0 aromatic carbocycles. The number of unbranched alkanes of at least 4 members (excludes halogenated alkanes) is 2. The highest BCUT2D eigenvalue weighted by atomic mass is 35.5. The van der Waals surface area contributed by atoms with Crippen LogP contribution in [0.3, 0.4) is 0 Å². The maximum Gasteiger partial charge on any atom is 0.0469 e. The molecule has 15 heavy (non-hydrogen) atoms. The van der Waals surface area contributed by atoms with Gasteiger partial charge in [-0.05, 0) is 44.7 Å². The fourth-order valence-corrected chi connectivity index (χ4v) is 1.98. The number of hydrogen-bond donors (Lipinski definition) is 1. The average molecular weight is 236 g/mol. The minimum absolute atomic E-state index is 0. The topological polar surface area (TPSA) is 21.3 Å². The normalized spacial score (nSPS) is 21.0. The number of piperidine rings is 1. The summed E-state index contributed by atoms with van der Waals surface area (Å²) in [6, 6.07) is 0. The standard InChI is InChI=1S/C12H25NO.ClH/c1-2-3-4-9-14-10-7-12-6-5-8-13-11-12;/h12-13H,2-11H2,1H3;1H. The molecule has 1 fully saturated rings. The number of hydrogen-bond acceptors (Lipinski definition) is 2. The predicted octanol–water partition coefficient (Wildman–Crippen LogP) is 3.00. The average Bonchev–Trinajstić information content (AvgIpc) is 2.25. The molecule has 0 saturated carbocycles. The fraction of sp³-hybridized carbons (Fsp3) is 1.00. The summed E-state index contributed by atoms with van der Waals surface area (Å²) >= 11 is 0. The van der Waals surface area contributed by atoms with E-state index in [2.05, 4.69) is 12.2 Å². The van der Waals surface area contributed by atoms with E-state index in [9.17, 15) is 0 Å². The number of ether oxygens (including phenoxy) is 1. The van der Waals surface area contributed by atoms with Crippen LogP contribution in [0.5, 0.6) is 0 Å². The van der Waals surface area contributed by atoms with Crippen LogP contribution in [0, 0.1) is 5.92 Å². The van der Waals surface area contributed by atoms with Gasteiger partial charge in [0.25, 0.3) is 0 Å². The quantitative estimate of drug-likeness (QED) is 0.685. The van der Waals surface area contributed by atoms with Gasteiger partial charge in [0, 0.05) is 13.2 Å². The van der Waals surface area contributed by atoms with Crippen LogP contribution in [0.15, 0.2) is 0 Å². The molecule has 0 radical (unpaired) electrons. The van der Waals surface area contributed by atoms with Crippen molar-refractivity contribution in [2.75, 3.05) is 26.3 Å². The van der Waals surface area contributed by atoms with E-state index in [4.69, 9.17) is 4.74 Å². The Bertz CT molecular complexity index is 127. The van der Waals surface area contributed by atoms with E-state index in [0.717, 1.165) is 19.1 Å². The second-order valence-electron chi connectivity index (χ2n) is 4.32. The summed E-state index contributed by atoms with van der Waals surface area (Å²) in [7, 11) is 0. The van der Waals surface area contributed by atoms with Crippen molar-refractivity contribution in [3.63, 3.8) is 0 Å². The van der Waals surface area contributed by atoms with Crippen LogP contribution in [0.25, 0.3) is 0 Å². The molecule has 0 aliphatic carbocycles. The largest absolute Gasteiger partial charge is 0.381 e. The minimum Gasteiger partial charge on any atom is -0.381 e. The summed E-state index contributed by atoms with van der Waals surface area (Å²) in [5, 5.41) is 3.44. The van der Waals surface area contributed by atoms with Gasteiger partial charge in [-0.1, -0.05) is 19.8 Å². The zero-order valence-corrected chi connectivity index (χ0v) is 10.8. The van der Waals surface area contributed by atoms with Gasteiger partial charge in [0.05, 0.1) is 0 Å². The van der Waals surface area contributed by atoms with E-state index in [1.807, 2.05) is 0 Å². The van der Waals surface area contributed by atoms with Crippen LogP contribution in [0.2, 0.25) is 0 Å². The van der Waals surface area contributed by atoms with Crippen molar-refractivity contribution >= 4 is 12.4 Å². The van der Waals surface area contributed by atoms with Crippen molar-refractivity contribution in [2.24, 2.45) is 5.92 Å². The van der Waals surface area contributed by atoms with E-state index in [1.165, 1.54) is 51.6 Å². The first kappa shape index (κ1) is 15.2. The SMILES string of the molecule is CCCCCOCCC1CCCNC1.Cl. The summed E-state index contributed by atoms with van der Waals surface area (Å²) in [5.74, 6) is 0.870. The second-order valence-corrected chi connectivity index (χ2v) is 4.32. The Morgan fingerprint density at radius 2 is 2.13 bits per heavy atom. The highest BCUT2D eigenvalue weighted by molar-refractivity contribution is 5.85.